The van der Waals surface area contributed by atoms with Crippen LogP contribution in [0.15, 0.2) is 50.4 Å². The second-order valence-corrected chi connectivity index (χ2v) is 8.56. The van der Waals surface area contributed by atoms with E-state index in [4.69, 9.17) is 4.42 Å². The molecule has 1 aliphatic rings. The van der Waals surface area contributed by atoms with Gasteiger partial charge in [0.15, 0.2) is 0 Å². The molecule has 2 heterocycles. The van der Waals surface area contributed by atoms with Gasteiger partial charge in [-0.15, -0.1) is 11.8 Å². The molecular formula is C20H25BrN2O2S. The summed E-state index contributed by atoms with van der Waals surface area (Å²) in [6, 6.07) is 10.2. The molecule has 1 aromatic carbocycles. The zero-order valence-electron chi connectivity index (χ0n) is 15.0. The van der Waals surface area contributed by atoms with Gasteiger partial charge >= 0.3 is 0 Å². The molecule has 0 spiro atoms. The highest BCUT2D eigenvalue weighted by atomic mass is 79.9. The maximum atomic E-state index is 12.4. The summed E-state index contributed by atoms with van der Waals surface area (Å²) in [5.74, 6) is 1.42. The molecule has 0 saturated carbocycles. The number of benzene rings is 1. The van der Waals surface area contributed by atoms with Crippen molar-refractivity contribution in [3.8, 4) is 0 Å². The molecule has 4 nitrogen and oxygen atoms in total. The van der Waals surface area contributed by atoms with Crippen LogP contribution >= 0.6 is 27.7 Å². The first-order valence-electron chi connectivity index (χ1n) is 9.06. The van der Waals surface area contributed by atoms with Crippen LogP contribution in [0.4, 0.5) is 0 Å². The summed E-state index contributed by atoms with van der Waals surface area (Å²) in [5.41, 5.74) is 1.18. The average molecular weight is 437 g/mol. The third kappa shape index (κ3) is 5.38. The number of halogens is 1. The van der Waals surface area contributed by atoms with Crippen molar-refractivity contribution >= 4 is 33.6 Å². The van der Waals surface area contributed by atoms with Gasteiger partial charge in [-0.05, 0) is 68.8 Å². The molecule has 1 aromatic heterocycles. The number of carbonyl (C=O) groups is 1. The lowest BCUT2D eigenvalue weighted by molar-refractivity contribution is -0.118. The lowest BCUT2D eigenvalue weighted by Crippen LogP contribution is -2.40. The predicted molar refractivity (Wildman–Crippen MR) is 109 cm³/mol. The zero-order valence-corrected chi connectivity index (χ0v) is 17.4. The first kappa shape index (κ1) is 19.5. The van der Waals surface area contributed by atoms with Crippen LogP contribution in [-0.4, -0.2) is 36.2 Å². The Balaban J connectivity index is 1.53. The number of aryl methyl sites for hydroxylation is 1. The van der Waals surface area contributed by atoms with E-state index in [9.17, 15) is 4.79 Å². The van der Waals surface area contributed by atoms with Crippen molar-refractivity contribution in [3.05, 3.63) is 52.4 Å². The number of rotatable bonds is 7. The molecule has 6 heteroatoms. The summed E-state index contributed by atoms with van der Waals surface area (Å²) in [6.45, 7) is 4.78. The van der Waals surface area contributed by atoms with Crippen LogP contribution in [-0.2, 0) is 4.79 Å². The number of nitrogens with one attached hydrogen (secondary N) is 1. The fourth-order valence-electron chi connectivity index (χ4n) is 3.30. The number of hydrogen-bond acceptors (Lipinski definition) is 4. The van der Waals surface area contributed by atoms with E-state index >= 15 is 0 Å². The van der Waals surface area contributed by atoms with E-state index < -0.39 is 0 Å². The van der Waals surface area contributed by atoms with Crippen LogP contribution in [0.1, 0.15) is 36.6 Å². The second kappa shape index (κ2) is 9.62. The molecule has 1 aliphatic heterocycles. The molecule has 26 heavy (non-hydrogen) atoms. The van der Waals surface area contributed by atoms with E-state index in [1.807, 2.05) is 18.2 Å². The van der Waals surface area contributed by atoms with Crippen LogP contribution in [0.2, 0.25) is 0 Å². The van der Waals surface area contributed by atoms with Gasteiger partial charge in [-0.25, -0.2) is 0 Å². The minimum atomic E-state index is 0.0610. The van der Waals surface area contributed by atoms with E-state index in [1.165, 1.54) is 24.8 Å². The van der Waals surface area contributed by atoms with Gasteiger partial charge in [-0.1, -0.05) is 22.4 Å². The fourth-order valence-corrected chi connectivity index (χ4v) is 4.62. The summed E-state index contributed by atoms with van der Waals surface area (Å²) < 4.78 is 6.70. The quantitative estimate of drug-likeness (QED) is 0.633. The third-order valence-corrected chi connectivity index (χ3v) is 6.36. The van der Waals surface area contributed by atoms with E-state index in [0.717, 1.165) is 28.2 Å². The summed E-state index contributed by atoms with van der Waals surface area (Å²) >= 11 is 5.05. The summed E-state index contributed by atoms with van der Waals surface area (Å²) in [4.78, 5) is 15.9. The summed E-state index contributed by atoms with van der Waals surface area (Å²) in [7, 11) is 0. The number of carbonyl (C=O) groups excluding carboxylic acids is 1. The number of piperidine rings is 1. The number of amides is 1. The smallest absolute Gasteiger partial charge is 0.230 e. The van der Waals surface area contributed by atoms with E-state index in [0.29, 0.717) is 12.3 Å². The minimum Gasteiger partial charge on any atom is -0.468 e. The highest BCUT2D eigenvalue weighted by molar-refractivity contribution is 9.10. The molecule has 2 aromatic rings. The zero-order chi connectivity index (χ0) is 18.4. The molecular weight excluding hydrogens is 412 g/mol. The van der Waals surface area contributed by atoms with Crippen molar-refractivity contribution in [1.29, 1.82) is 0 Å². The third-order valence-electron chi connectivity index (χ3n) is 4.69. The van der Waals surface area contributed by atoms with Crippen LogP contribution < -0.4 is 5.32 Å². The summed E-state index contributed by atoms with van der Waals surface area (Å²) in [6.07, 6.45) is 5.42. The number of nitrogens with zero attached hydrogens (tertiary/aromatic N) is 1. The molecule has 1 fully saturated rings. The van der Waals surface area contributed by atoms with Gasteiger partial charge in [-0.3, -0.25) is 9.69 Å². The first-order chi connectivity index (χ1) is 12.6. The van der Waals surface area contributed by atoms with Gasteiger partial charge in [0, 0.05) is 15.9 Å². The van der Waals surface area contributed by atoms with Crippen molar-refractivity contribution in [2.75, 3.05) is 25.4 Å². The molecule has 1 atom stereocenters. The lowest BCUT2D eigenvalue weighted by Gasteiger charge is -2.33. The van der Waals surface area contributed by atoms with Crippen molar-refractivity contribution in [2.45, 2.75) is 37.1 Å². The largest absolute Gasteiger partial charge is 0.468 e. The van der Waals surface area contributed by atoms with Crippen molar-refractivity contribution < 1.29 is 9.21 Å². The monoisotopic (exact) mass is 436 g/mol. The maximum Gasteiger partial charge on any atom is 0.230 e. The van der Waals surface area contributed by atoms with Crippen LogP contribution in [0, 0.1) is 6.92 Å². The highest BCUT2D eigenvalue weighted by Crippen LogP contribution is 2.26. The van der Waals surface area contributed by atoms with E-state index in [1.54, 1.807) is 18.0 Å². The number of likely N-dealkylation sites (tertiary alicyclic amines) is 1. The highest BCUT2D eigenvalue weighted by Gasteiger charge is 2.24. The molecule has 0 unspecified atom stereocenters. The van der Waals surface area contributed by atoms with Crippen LogP contribution in [0.3, 0.4) is 0 Å². The van der Waals surface area contributed by atoms with Gasteiger partial charge in [0.25, 0.3) is 0 Å². The van der Waals surface area contributed by atoms with Gasteiger partial charge in [-0.2, -0.15) is 0 Å². The van der Waals surface area contributed by atoms with Gasteiger partial charge < -0.3 is 9.73 Å². The molecule has 0 bridgehead atoms. The Morgan fingerprint density at radius 3 is 2.81 bits per heavy atom. The molecule has 1 saturated heterocycles. The fraction of sp³-hybridized carbons (Fsp3) is 0.450. The number of thioether (sulfide) groups is 1. The standard InChI is InChI=1S/C20H25BrN2O2S/c1-15-12-16(21)7-8-19(15)26-14-20(24)22-13-17(18-6-5-11-25-18)23-9-3-2-4-10-23/h5-8,11-12,17H,2-4,9-10,13-14H2,1H3,(H,22,24)/t17-/m0/s1. The van der Waals surface area contributed by atoms with Gasteiger partial charge in [0.05, 0.1) is 18.1 Å². The van der Waals surface area contributed by atoms with E-state index in [-0.39, 0.29) is 11.9 Å². The Labute approximate surface area is 167 Å². The number of furan rings is 1. The molecule has 3 rings (SSSR count). The maximum absolute atomic E-state index is 12.4. The van der Waals surface area contributed by atoms with Gasteiger partial charge in [0.2, 0.25) is 5.91 Å². The average Bonchev–Trinajstić information content (AvgIpc) is 3.16. The Morgan fingerprint density at radius 2 is 2.12 bits per heavy atom. The van der Waals surface area contributed by atoms with Gasteiger partial charge in [0.1, 0.15) is 5.76 Å². The normalized spacial score (nSPS) is 16.4. The number of hydrogen-bond donors (Lipinski definition) is 1. The van der Waals surface area contributed by atoms with Crippen LogP contribution in [0.5, 0.6) is 0 Å². The predicted octanol–water partition coefficient (Wildman–Crippen LogP) is 4.79. The molecule has 1 amide bonds. The Bertz CT molecular complexity index is 715. The summed E-state index contributed by atoms with van der Waals surface area (Å²) in [5, 5.41) is 3.10. The van der Waals surface area contributed by atoms with Crippen LogP contribution in [0.25, 0.3) is 0 Å². The van der Waals surface area contributed by atoms with Crippen molar-refractivity contribution in [1.82, 2.24) is 10.2 Å². The topological polar surface area (TPSA) is 45.5 Å². The van der Waals surface area contributed by atoms with Crippen molar-refractivity contribution in [2.24, 2.45) is 0 Å². The SMILES string of the molecule is Cc1cc(Br)ccc1SCC(=O)NC[C@@H](c1ccco1)N1CCCCC1. The Kier molecular flexibility index (Phi) is 7.23. The first-order valence-corrected chi connectivity index (χ1v) is 10.8. The Hall–Kier alpha value is -1.24. The minimum absolute atomic E-state index is 0.0610. The molecule has 0 aliphatic carbocycles. The van der Waals surface area contributed by atoms with E-state index in [2.05, 4.69) is 45.2 Å². The van der Waals surface area contributed by atoms with Crippen molar-refractivity contribution in [3.63, 3.8) is 0 Å². The Morgan fingerprint density at radius 1 is 1.31 bits per heavy atom. The second-order valence-electron chi connectivity index (χ2n) is 6.63. The molecule has 140 valence electrons. The molecule has 1 N–H and O–H groups in total. The molecule has 0 radical (unpaired) electrons. The lowest BCUT2D eigenvalue weighted by atomic mass is 10.1.